The zero-order valence-electron chi connectivity index (χ0n) is 13.1. The molecule has 126 valence electrons. The third kappa shape index (κ3) is 4.24. The Hall–Kier alpha value is -2.11. The van der Waals surface area contributed by atoms with Crippen LogP contribution in [0.25, 0.3) is 0 Å². The van der Waals surface area contributed by atoms with E-state index in [2.05, 4.69) is 10.3 Å². The van der Waals surface area contributed by atoms with Crippen LogP contribution in [0.5, 0.6) is 5.75 Å². The lowest BCUT2D eigenvalue weighted by molar-refractivity contribution is 0.0910. The van der Waals surface area contributed by atoms with Crippen molar-refractivity contribution in [3.63, 3.8) is 0 Å². The summed E-state index contributed by atoms with van der Waals surface area (Å²) in [6.07, 6.45) is 3.76. The molecule has 1 aliphatic carbocycles. The van der Waals surface area contributed by atoms with E-state index in [4.69, 9.17) is 16.3 Å². The fraction of sp³-hybridized carbons (Fsp3) is 0.333. The summed E-state index contributed by atoms with van der Waals surface area (Å²) in [7, 11) is 0. The number of carbonyl (C=O) groups is 1. The molecule has 1 aromatic carbocycles. The van der Waals surface area contributed by atoms with Gasteiger partial charge in [-0.3, -0.25) is 4.79 Å². The van der Waals surface area contributed by atoms with Crippen molar-refractivity contribution in [3.8, 4) is 5.75 Å². The van der Waals surface area contributed by atoms with E-state index < -0.39 is 6.04 Å². The van der Waals surface area contributed by atoms with Crippen molar-refractivity contribution in [2.75, 3.05) is 13.2 Å². The van der Waals surface area contributed by atoms with E-state index in [0.717, 1.165) is 5.56 Å². The number of aliphatic hydroxyl groups excluding tert-OH is 1. The normalized spacial score (nSPS) is 14.9. The number of rotatable bonds is 7. The van der Waals surface area contributed by atoms with Gasteiger partial charge in [-0.2, -0.15) is 0 Å². The smallest absolute Gasteiger partial charge is 0.270 e. The molecule has 0 saturated heterocycles. The van der Waals surface area contributed by atoms with Crippen LogP contribution in [-0.4, -0.2) is 29.2 Å². The summed E-state index contributed by atoms with van der Waals surface area (Å²) in [6.45, 7) is 0.405. The third-order valence-corrected chi connectivity index (χ3v) is 4.20. The minimum Gasteiger partial charge on any atom is -0.492 e. The van der Waals surface area contributed by atoms with Gasteiger partial charge < -0.3 is 15.2 Å². The first kappa shape index (κ1) is 16.7. The Morgan fingerprint density at radius 1 is 1.38 bits per heavy atom. The number of pyridine rings is 1. The van der Waals surface area contributed by atoms with E-state index in [9.17, 15) is 9.90 Å². The number of aliphatic hydroxyl groups is 1. The van der Waals surface area contributed by atoms with Gasteiger partial charge >= 0.3 is 0 Å². The second kappa shape index (κ2) is 7.64. The van der Waals surface area contributed by atoms with Gasteiger partial charge in [0.15, 0.2) is 0 Å². The Morgan fingerprint density at radius 3 is 2.79 bits per heavy atom. The largest absolute Gasteiger partial charge is 0.492 e. The monoisotopic (exact) mass is 346 g/mol. The number of carbonyl (C=O) groups excluding carboxylic acids is 1. The summed E-state index contributed by atoms with van der Waals surface area (Å²) in [5.41, 5.74) is 1.03. The van der Waals surface area contributed by atoms with Crippen molar-refractivity contribution < 1.29 is 14.6 Å². The predicted octanol–water partition coefficient (Wildman–Crippen LogP) is 2.99. The molecule has 1 aliphatic rings. The SMILES string of the molecule is O=C(NC(CO)c1ccccc1)c1cc(OCC2CC2)c(Cl)cn1. The molecule has 0 aliphatic heterocycles. The van der Waals surface area contributed by atoms with Crippen LogP contribution in [0.4, 0.5) is 0 Å². The number of ether oxygens (including phenoxy) is 1. The quantitative estimate of drug-likeness (QED) is 0.808. The lowest BCUT2D eigenvalue weighted by Gasteiger charge is -2.17. The highest BCUT2D eigenvalue weighted by Crippen LogP contribution is 2.31. The Balaban J connectivity index is 1.70. The molecule has 2 aromatic rings. The molecular weight excluding hydrogens is 328 g/mol. The van der Waals surface area contributed by atoms with Gasteiger partial charge in [0.2, 0.25) is 0 Å². The first-order valence-corrected chi connectivity index (χ1v) is 8.30. The highest BCUT2D eigenvalue weighted by Gasteiger charge is 2.23. The van der Waals surface area contributed by atoms with E-state index in [1.807, 2.05) is 30.3 Å². The molecule has 1 atom stereocenters. The molecule has 3 rings (SSSR count). The standard InChI is InChI=1S/C18H19ClN2O3/c19-14-9-20-15(8-17(14)24-11-12-6-7-12)18(23)21-16(10-22)13-4-2-1-3-5-13/h1-5,8-9,12,16,22H,6-7,10-11H2,(H,21,23). The summed E-state index contributed by atoms with van der Waals surface area (Å²) in [5, 5.41) is 12.7. The van der Waals surface area contributed by atoms with Crippen molar-refractivity contribution in [2.45, 2.75) is 18.9 Å². The fourth-order valence-electron chi connectivity index (χ4n) is 2.30. The summed E-state index contributed by atoms with van der Waals surface area (Å²) in [5.74, 6) is 0.665. The van der Waals surface area contributed by atoms with E-state index in [1.165, 1.54) is 19.0 Å². The average Bonchev–Trinajstić information content (AvgIpc) is 3.44. The average molecular weight is 347 g/mol. The van der Waals surface area contributed by atoms with Crippen molar-refractivity contribution in [2.24, 2.45) is 5.92 Å². The second-order valence-electron chi connectivity index (χ2n) is 5.87. The molecule has 1 aromatic heterocycles. The number of halogens is 1. The van der Waals surface area contributed by atoms with E-state index in [0.29, 0.717) is 23.3 Å². The second-order valence-corrected chi connectivity index (χ2v) is 6.28. The molecule has 6 heteroatoms. The predicted molar refractivity (Wildman–Crippen MR) is 91.2 cm³/mol. The maximum atomic E-state index is 12.4. The molecule has 5 nitrogen and oxygen atoms in total. The van der Waals surface area contributed by atoms with Crippen molar-refractivity contribution >= 4 is 17.5 Å². The Kier molecular flexibility index (Phi) is 5.33. The number of amides is 1. The molecular formula is C18H19ClN2O3. The summed E-state index contributed by atoms with van der Waals surface area (Å²) >= 11 is 6.07. The van der Waals surface area contributed by atoms with Gasteiger partial charge in [0.05, 0.1) is 25.5 Å². The van der Waals surface area contributed by atoms with Crippen LogP contribution >= 0.6 is 11.6 Å². The topological polar surface area (TPSA) is 71.5 Å². The number of nitrogens with zero attached hydrogens (tertiary/aromatic N) is 1. The molecule has 0 radical (unpaired) electrons. The van der Waals surface area contributed by atoms with Crippen LogP contribution < -0.4 is 10.1 Å². The van der Waals surface area contributed by atoms with E-state index in [1.54, 1.807) is 6.07 Å². The van der Waals surface area contributed by atoms with Crippen molar-refractivity contribution in [3.05, 3.63) is 58.9 Å². The van der Waals surface area contributed by atoms with Gasteiger partial charge in [-0.15, -0.1) is 0 Å². The van der Waals surface area contributed by atoms with Gasteiger partial charge in [-0.05, 0) is 24.3 Å². The molecule has 0 bridgehead atoms. The van der Waals surface area contributed by atoms with Crippen molar-refractivity contribution in [1.29, 1.82) is 0 Å². The maximum Gasteiger partial charge on any atom is 0.270 e. The lowest BCUT2D eigenvalue weighted by Crippen LogP contribution is -2.31. The van der Waals surface area contributed by atoms with Gasteiger partial charge in [0, 0.05) is 6.07 Å². The number of hydrogen-bond donors (Lipinski definition) is 2. The summed E-state index contributed by atoms with van der Waals surface area (Å²) in [6, 6.07) is 10.3. The third-order valence-electron chi connectivity index (χ3n) is 3.91. The van der Waals surface area contributed by atoms with Gasteiger partial charge in [-0.25, -0.2) is 4.98 Å². The first-order valence-electron chi connectivity index (χ1n) is 7.92. The number of hydrogen-bond acceptors (Lipinski definition) is 4. The van der Waals surface area contributed by atoms with Crippen LogP contribution in [0.15, 0.2) is 42.6 Å². The maximum absolute atomic E-state index is 12.4. The molecule has 1 heterocycles. The van der Waals surface area contributed by atoms with Crippen LogP contribution in [0.1, 0.15) is 34.9 Å². The molecule has 1 amide bonds. The zero-order valence-corrected chi connectivity index (χ0v) is 13.9. The molecule has 24 heavy (non-hydrogen) atoms. The molecule has 1 unspecified atom stereocenters. The Labute approximate surface area is 145 Å². The van der Waals surface area contributed by atoms with Gasteiger partial charge in [0.1, 0.15) is 16.5 Å². The molecule has 2 N–H and O–H groups in total. The summed E-state index contributed by atoms with van der Waals surface area (Å²) < 4.78 is 5.67. The highest BCUT2D eigenvalue weighted by atomic mass is 35.5. The van der Waals surface area contributed by atoms with Crippen LogP contribution in [0.2, 0.25) is 5.02 Å². The van der Waals surface area contributed by atoms with Crippen LogP contribution in [-0.2, 0) is 0 Å². The lowest BCUT2D eigenvalue weighted by atomic mass is 10.1. The minimum atomic E-state index is -0.494. The molecule has 1 saturated carbocycles. The van der Waals surface area contributed by atoms with Crippen LogP contribution in [0.3, 0.4) is 0 Å². The van der Waals surface area contributed by atoms with Crippen molar-refractivity contribution in [1.82, 2.24) is 10.3 Å². The Morgan fingerprint density at radius 2 is 2.12 bits per heavy atom. The fourth-order valence-corrected chi connectivity index (χ4v) is 2.46. The first-order chi connectivity index (χ1) is 11.7. The van der Waals surface area contributed by atoms with E-state index in [-0.39, 0.29) is 18.2 Å². The van der Waals surface area contributed by atoms with Crippen LogP contribution in [0, 0.1) is 5.92 Å². The minimum absolute atomic E-state index is 0.200. The van der Waals surface area contributed by atoms with Gasteiger partial charge in [0.25, 0.3) is 5.91 Å². The molecule has 0 spiro atoms. The number of aromatic nitrogens is 1. The highest BCUT2D eigenvalue weighted by molar-refractivity contribution is 6.32. The zero-order chi connectivity index (χ0) is 16.9. The number of nitrogens with one attached hydrogen (secondary N) is 1. The summed E-state index contributed by atoms with van der Waals surface area (Å²) in [4.78, 5) is 16.5. The number of benzene rings is 1. The van der Waals surface area contributed by atoms with Gasteiger partial charge in [-0.1, -0.05) is 41.9 Å². The van der Waals surface area contributed by atoms with E-state index >= 15 is 0 Å². The molecule has 1 fully saturated rings. The Bertz CT molecular complexity index is 705.